The molecule has 1 atom stereocenters. The van der Waals surface area contributed by atoms with Crippen molar-refractivity contribution in [2.24, 2.45) is 0 Å². The van der Waals surface area contributed by atoms with Crippen molar-refractivity contribution in [2.75, 3.05) is 33.3 Å². The van der Waals surface area contributed by atoms with Crippen LogP contribution in [0.1, 0.15) is 74.5 Å². The van der Waals surface area contributed by atoms with E-state index in [0.29, 0.717) is 18.0 Å². The first-order chi connectivity index (χ1) is 19.5. The molecule has 40 heavy (non-hydrogen) atoms. The largest absolute Gasteiger partial charge is 0.497 e. The van der Waals surface area contributed by atoms with Crippen LogP contribution in [0, 0.1) is 0 Å². The molecule has 0 radical (unpaired) electrons. The monoisotopic (exact) mass is 544 g/mol. The normalized spacial score (nSPS) is 14.6. The average molecular weight is 545 g/mol. The third-order valence-corrected chi connectivity index (χ3v) is 7.97. The van der Waals surface area contributed by atoms with Crippen LogP contribution < -0.4 is 10.1 Å². The van der Waals surface area contributed by atoms with Crippen molar-refractivity contribution in [3.05, 3.63) is 78.0 Å². The van der Waals surface area contributed by atoms with Gasteiger partial charge in [0, 0.05) is 18.3 Å². The summed E-state index contributed by atoms with van der Waals surface area (Å²) in [5.41, 5.74) is 3.14. The minimum atomic E-state index is -0.750. The molecule has 0 saturated heterocycles. The molecular formula is C33H44N4O3. The van der Waals surface area contributed by atoms with Crippen molar-refractivity contribution in [1.82, 2.24) is 20.1 Å². The molecule has 4 rings (SSSR count). The summed E-state index contributed by atoms with van der Waals surface area (Å²) in [5.74, 6) is 0.413. The van der Waals surface area contributed by atoms with Gasteiger partial charge in [0.25, 0.3) is 5.91 Å². The van der Waals surface area contributed by atoms with Crippen molar-refractivity contribution in [2.45, 2.75) is 64.5 Å². The van der Waals surface area contributed by atoms with E-state index in [9.17, 15) is 9.59 Å². The highest BCUT2D eigenvalue weighted by atomic mass is 16.5. The van der Waals surface area contributed by atoms with Crippen LogP contribution in [0.15, 0.2) is 66.7 Å². The van der Waals surface area contributed by atoms with Gasteiger partial charge in [-0.2, -0.15) is 0 Å². The Hall–Kier alpha value is -3.58. The average Bonchev–Trinajstić information content (AvgIpc) is 3.50. The van der Waals surface area contributed by atoms with Gasteiger partial charge in [-0.05, 0) is 74.3 Å². The number of ether oxygens (including phenoxy) is 1. The highest BCUT2D eigenvalue weighted by molar-refractivity contribution is 5.97. The zero-order valence-corrected chi connectivity index (χ0v) is 24.2. The SMILES string of the molecule is CCN(CC)CCCN(C(=O)c1ccc(-c2ccccc2)[nH]1)C(C(=O)NC1CCCCC1)c1ccc(OC)cc1. The van der Waals surface area contributed by atoms with E-state index in [4.69, 9.17) is 4.74 Å². The Labute approximate surface area is 238 Å². The first-order valence-electron chi connectivity index (χ1n) is 14.8. The maximum Gasteiger partial charge on any atom is 0.271 e. The number of benzene rings is 2. The highest BCUT2D eigenvalue weighted by Gasteiger charge is 2.34. The molecule has 1 aliphatic rings. The van der Waals surface area contributed by atoms with E-state index in [1.54, 1.807) is 12.0 Å². The molecule has 1 aliphatic carbocycles. The predicted octanol–water partition coefficient (Wildman–Crippen LogP) is 6.05. The predicted molar refractivity (Wildman–Crippen MR) is 160 cm³/mol. The number of nitrogens with one attached hydrogen (secondary N) is 2. The molecule has 0 spiro atoms. The Bertz CT molecular complexity index is 1200. The maximum atomic E-state index is 14.2. The molecule has 2 aromatic carbocycles. The van der Waals surface area contributed by atoms with Gasteiger partial charge >= 0.3 is 0 Å². The summed E-state index contributed by atoms with van der Waals surface area (Å²) < 4.78 is 5.38. The molecule has 0 aliphatic heterocycles. The maximum absolute atomic E-state index is 14.2. The van der Waals surface area contributed by atoms with Crippen molar-refractivity contribution in [3.8, 4) is 17.0 Å². The van der Waals surface area contributed by atoms with Crippen LogP contribution >= 0.6 is 0 Å². The number of H-pyrrole nitrogens is 1. The zero-order chi connectivity index (χ0) is 28.3. The summed E-state index contributed by atoms with van der Waals surface area (Å²) in [4.78, 5) is 35.7. The number of hydrogen-bond donors (Lipinski definition) is 2. The van der Waals surface area contributed by atoms with E-state index in [2.05, 4.69) is 29.0 Å². The van der Waals surface area contributed by atoms with Gasteiger partial charge in [0.05, 0.1) is 7.11 Å². The topological polar surface area (TPSA) is 77.7 Å². The molecule has 1 fully saturated rings. The van der Waals surface area contributed by atoms with E-state index in [1.165, 1.54) is 6.42 Å². The summed E-state index contributed by atoms with van der Waals surface area (Å²) in [6.45, 7) is 7.51. The minimum Gasteiger partial charge on any atom is -0.497 e. The van der Waals surface area contributed by atoms with E-state index in [1.807, 2.05) is 66.7 Å². The molecule has 7 nitrogen and oxygen atoms in total. The number of carbonyl (C=O) groups excluding carboxylic acids is 2. The van der Waals surface area contributed by atoms with Crippen LogP contribution in [-0.4, -0.2) is 65.9 Å². The molecule has 7 heteroatoms. The second-order valence-electron chi connectivity index (χ2n) is 10.5. The Morgan fingerprint density at radius 2 is 1.62 bits per heavy atom. The van der Waals surface area contributed by atoms with Gasteiger partial charge in [0.2, 0.25) is 5.91 Å². The first-order valence-corrected chi connectivity index (χ1v) is 14.8. The molecule has 0 bridgehead atoms. The van der Waals surface area contributed by atoms with Crippen molar-refractivity contribution < 1.29 is 14.3 Å². The summed E-state index contributed by atoms with van der Waals surface area (Å²) in [5, 5.41) is 3.30. The van der Waals surface area contributed by atoms with Crippen LogP contribution in [-0.2, 0) is 4.79 Å². The van der Waals surface area contributed by atoms with Gasteiger partial charge < -0.3 is 24.8 Å². The molecule has 1 unspecified atom stereocenters. The van der Waals surface area contributed by atoms with Crippen LogP contribution in [0.2, 0.25) is 0 Å². The zero-order valence-electron chi connectivity index (χ0n) is 24.2. The van der Waals surface area contributed by atoms with Crippen LogP contribution in [0.5, 0.6) is 5.75 Å². The number of aromatic nitrogens is 1. The third kappa shape index (κ3) is 7.54. The van der Waals surface area contributed by atoms with E-state index >= 15 is 0 Å². The third-order valence-electron chi connectivity index (χ3n) is 7.97. The Morgan fingerprint density at radius 1 is 0.925 bits per heavy atom. The molecule has 214 valence electrons. The summed E-state index contributed by atoms with van der Waals surface area (Å²) in [6.07, 6.45) is 6.18. The Kier molecular flexibility index (Phi) is 10.8. The van der Waals surface area contributed by atoms with E-state index in [-0.39, 0.29) is 17.9 Å². The second-order valence-corrected chi connectivity index (χ2v) is 10.5. The van der Waals surface area contributed by atoms with Crippen molar-refractivity contribution >= 4 is 11.8 Å². The van der Waals surface area contributed by atoms with Crippen molar-refractivity contribution in [3.63, 3.8) is 0 Å². The lowest BCUT2D eigenvalue weighted by molar-refractivity contribution is -0.127. The van der Waals surface area contributed by atoms with Crippen molar-refractivity contribution in [1.29, 1.82) is 0 Å². The van der Waals surface area contributed by atoms with Gasteiger partial charge in [0.1, 0.15) is 17.5 Å². The van der Waals surface area contributed by atoms with E-state index < -0.39 is 6.04 Å². The number of carbonyl (C=O) groups is 2. The second kappa shape index (κ2) is 14.7. The molecule has 1 saturated carbocycles. The summed E-state index contributed by atoms with van der Waals surface area (Å²) in [6, 6.07) is 20.6. The smallest absolute Gasteiger partial charge is 0.271 e. The standard InChI is InChI=1S/C33H44N4O3/c1-4-36(5-2)23-12-24-37(33(39)30-22-21-29(35-30)25-13-8-6-9-14-25)31(26-17-19-28(40-3)20-18-26)32(38)34-27-15-10-7-11-16-27/h6,8-9,13-14,17-22,27,31,35H,4-5,7,10-12,15-16,23-24H2,1-3H3,(H,34,38). The number of aromatic amines is 1. The van der Waals surface area contributed by atoms with Crippen LogP contribution in [0.4, 0.5) is 0 Å². The Balaban J connectivity index is 1.67. The fraction of sp³-hybridized carbons (Fsp3) is 0.455. The number of nitrogens with zero attached hydrogens (tertiary/aromatic N) is 2. The summed E-state index contributed by atoms with van der Waals surface area (Å²) in [7, 11) is 1.63. The van der Waals surface area contributed by atoms with E-state index in [0.717, 1.165) is 68.6 Å². The van der Waals surface area contributed by atoms with Crippen LogP contribution in [0.25, 0.3) is 11.3 Å². The highest BCUT2D eigenvalue weighted by Crippen LogP contribution is 2.28. The van der Waals surface area contributed by atoms with Gasteiger partial charge in [-0.3, -0.25) is 9.59 Å². The molecule has 1 heterocycles. The molecule has 2 N–H and O–H groups in total. The van der Waals surface area contributed by atoms with Gasteiger partial charge in [-0.1, -0.05) is 75.6 Å². The van der Waals surface area contributed by atoms with Gasteiger partial charge in [-0.15, -0.1) is 0 Å². The fourth-order valence-corrected chi connectivity index (χ4v) is 5.60. The lowest BCUT2D eigenvalue weighted by Gasteiger charge is -2.34. The number of hydrogen-bond acceptors (Lipinski definition) is 4. The first kappa shape index (κ1) is 29.4. The van der Waals surface area contributed by atoms with Gasteiger partial charge in [0.15, 0.2) is 0 Å². The Morgan fingerprint density at radius 3 is 2.27 bits per heavy atom. The lowest BCUT2D eigenvalue weighted by Crippen LogP contribution is -2.47. The fourth-order valence-electron chi connectivity index (χ4n) is 5.60. The minimum absolute atomic E-state index is 0.122. The van der Waals surface area contributed by atoms with Crippen LogP contribution in [0.3, 0.4) is 0 Å². The number of rotatable bonds is 13. The number of methoxy groups -OCH3 is 1. The number of amides is 2. The quantitative estimate of drug-likeness (QED) is 0.274. The molecule has 3 aromatic rings. The summed E-state index contributed by atoms with van der Waals surface area (Å²) >= 11 is 0. The molecule has 1 aromatic heterocycles. The molecular weight excluding hydrogens is 500 g/mol. The lowest BCUT2D eigenvalue weighted by atomic mass is 9.94. The molecule has 2 amide bonds. The van der Waals surface area contributed by atoms with Gasteiger partial charge in [-0.25, -0.2) is 0 Å².